The van der Waals surface area contributed by atoms with E-state index in [2.05, 4.69) is 11.5 Å². The van der Waals surface area contributed by atoms with Gasteiger partial charge in [-0.1, -0.05) is 5.57 Å². The molecule has 2 atom stereocenters. The summed E-state index contributed by atoms with van der Waals surface area (Å²) in [6, 6.07) is 0.173. The van der Waals surface area contributed by atoms with Gasteiger partial charge in [-0.15, -0.1) is 6.58 Å². The second-order valence-electron chi connectivity index (χ2n) is 4.22. The third-order valence-corrected chi connectivity index (χ3v) is 3.03. The maximum atomic E-state index is 10.9. The van der Waals surface area contributed by atoms with Gasteiger partial charge in [0.2, 0.25) is 0 Å². The molecule has 1 rings (SSSR count). The fourth-order valence-electron chi connectivity index (χ4n) is 1.98. The number of nitrogens with zero attached hydrogens (tertiary/aromatic N) is 1. The first-order chi connectivity index (χ1) is 6.52. The predicted molar refractivity (Wildman–Crippen MR) is 56.2 cm³/mol. The maximum Gasteiger partial charge on any atom is 0.308 e. The Morgan fingerprint density at radius 3 is 2.71 bits per heavy atom. The number of carboxylic acids is 1. The number of carbonyl (C=O) groups is 1. The van der Waals surface area contributed by atoms with Crippen molar-refractivity contribution in [2.24, 2.45) is 5.92 Å². The van der Waals surface area contributed by atoms with Gasteiger partial charge in [0, 0.05) is 12.6 Å². The van der Waals surface area contributed by atoms with E-state index < -0.39 is 5.97 Å². The highest BCUT2D eigenvalue weighted by atomic mass is 16.4. The van der Waals surface area contributed by atoms with E-state index >= 15 is 0 Å². The highest BCUT2D eigenvalue weighted by molar-refractivity contribution is 5.71. The smallest absolute Gasteiger partial charge is 0.308 e. The van der Waals surface area contributed by atoms with Crippen LogP contribution in [0.25, 0.3) is 0 Å². The molecule has 0 bridgehead atoms. The lowest BCUT2D eigenvalue weighted by atomic mass is 10.0. The second-order valence-corrected chi connectivity index (χ2v) is 4.22. The number of hydrogen-bond acceptors (Lipinski definition) is 2. The quantitative estimate of drug-likeness (QED) is 0.698. The Kier molecular flexibility index (Phi) is 3.69. The minimum absolute atomic E-state index is 0.173. The second kappa shape index (κ2) is 4.60. The molecule has 1 N–H and O–H groups in total. The average molecular weight is 197 g/mol. The summed E-state index contributed by atoms with van der Waals surface area (Å²) >= 11 is 0. The molecule has 0 amide bonds. The third kappa shape index (κ3) is 2.58. The van der Waals surface area contributed by atoms with E-state index in [1.165, 1.54) is 0 Å². The molecule has 1 fully saturated rings. The molecule has 80 valence electrons. The first-order valence-corrected chi connectivity index (χ1v) is 5.13. The van der Waals surface area contributed by atoms with Gasteiger partial charge in [-0.2, -0.15) is 0 Å². The summed E-state index contributed by atoms with van der Waals surface area (Å²) < 4.78 is 0. The first kappa shape index (κ1) is 11.2. The Morgan fingerprint density at radius 2 is 2.29 bits per heavy atom. The molecular weight excluding hydrogens is 178 g/mol. The summed E-state index contributed by atoms with van der Waals surface area (Å²) in [5.41, 5.74) is 1.16. The van der Waals surface area contributed by atoms with E-state index in [0.29, 0.717) is 0 Å². The topological polar surface area (TPSA) is 40.5 Å². The Balaban J connectivity index is 2.43. The van der Waals surface area contributed by atoms with Crippen LogP contribution in [0.1, 0.15) is 26.7 Å². The normalized spacial score (nSPS) is 27.9. The largest absolute Gasteiger partial charge is 0.481 e. The van der Waals surface area contributed by atoms with Gasteiger partial charge < -0.3 is 5.11 Å². The summed E-state index contributed by atoms with van der Waals surface area (Å²) in [6.45, 7) is 9.72. The van der Waals surface area contributed by atoms with Gasteiger partial charge in [0.05, 0.1) is 5.92 Å². The zero-order chi connectivity index (χ0) is 10.7. The van der Waals surface area contributed by atoms with E-state index in [0.717, 1.165) is 31.5 Å². The van der Waals surface area contributed by atoms with Gasteiger partial charge in [0.1, 0.15) is 0 Å². The monoisotopic (exact) mass is 197 g/mol. The highest BCUT2D eigenvalue weighted by Crippen LogP contribution is 2.24. The van der Waals surface area contributed by atoms with E-state index in [-0.39, 0.29) is 12.0 Å². The molecule has 0 saturated carbocycles. The Labute approximate surface area is 85.4 Å². The van der Waals surface area contributed by atoms with Crippen LogP contribution in [0, 0.1) is 5.92 Å². The number of rotatable bonds is 4. The lowest BCUT2D eigenvalue weighted by Crippen LogP contribution is -2.33. The van der Waals surface area contributed by atoms with Crippen LogP contribution in [0.2, 0.25) is 0 Å². The number of hydrogen-bond donors (Lipinski definition) is 1. The Morgan fingerprint density at radius 1 is 1.64 bits per heavy atom. The summed E-state index contributed by atoms with van der Waals surface area (Å²) in [5.74, 6) is -0.838. The lowest BCUT2D eigenvalue weighted by Gasteiger charge is -2.22. The first-order valence-electron chi connectivity index (χ1n) is 5.13. The van der Waals surface area contributed by atoms with Crippen molar-refractivity contribution in [1.82, 2.24) is 4.90 Å². The zero-order valence-electron chi connectivity index (χ0n) is 8.99. The summed E-state index contributed by atoms with van der Waals surface area (Å²) in [7, 11) is 0. The van der Waals surface area contributed by atoms with E-state index in [1.54, 1.807) is 0 Å². The number of carboxylic acid groups (broad SMARTS) is 1. The Hall–Kier alpha value is -0.830. The van der Waals surface area contributed by atoms with Crippen LogP contribution in [0.3, 0.4) is 0 Å². The van der Waals surface area contributed by atoms with Crippen molar-refractivity contribution in [3.8, 4) is 0 Å². The average Bonchev–Trinajstić information content (AvgIpc) is 2.43. The molecule has 1 saturated heterocycles. The number of aliphatic carboxylic acids is 1. The standard InChI is InChI=1S/C11H19NO2/c1-8(2)4-6-12-7-5-10(9(12)3)11(13)14/h9-10H,1,4-7H2,2-3H3,(H,13,14). The molecule has 0 aromatic heterocycles. The van der Waals surface area contributed by atoms with Crippen molar-refractivity contribution in [2.45, 2.75) is 32.7 Å². The molecule has 0 aliphatic carbocycles. The molecule has 14 heavy (non-hydrogen) atoms. The summed E-state index contributed by atoms with van der Waals surface area (Å²) in [5, 5.41) is 8.93. The SMILES string of the molecule is C=C(C)CCN1CCC(C(=O)O)C1C. The van der Waals surface area contributed by atoms with Gasteiger partial charge in [-0.3, -0.25) is 9.69 Å². The van der Waals surface area contributed by atoms with Gasteiger partial charge in [-0.25, -0.2) is 0 Å². The van der Waals surface area contributed by atoms with Crippen LogP contribution in [0.15, 0.2) is 12.2 Å². The minimum atomic E-state index is -0.657. The van der Waals surface area contributed by atoms with Gasteiger partial charge in [0.25, 0.3) is 0 Å². The van der Waals surface area contributed by atoms with E-state index in [4.69, 9.17) is 5.11 Å². The molecule has 0 aromatic rings. The lowest BCUT2D eigenvalue weighted by molar-refractivity contribution is -0.142. The molecule has 1 aliphatic rings. The molecule has 0 radical (unpaired) electrons. The van der Waals surface area contributed by atoms with Crippen LogP contribution < -0.4 is 0 Å². The van der Waals surface area contributed by atoms with Crippen molar-refractivity contribution in [3.63, 3.8) is 0 Å². The molecule has 1 heterocycles. The van der Waals surface area contributed by atoms with Crippen LogP contribution in [0.4, 0.5) is 0 Å². The van der Waals surface area contributed by atoms with E-state index in [9.17, 15) is 4.79 Å². The predicted octanol–water partition coefficient (Wildman–Crippen LogP) is 1.75. The molecular formula is C11H19NO2. The summed E-state index contributed by atoms with van der Waals surface area (Å²) in [4.78, 5) is 13.1. The van der Waals surface area contributed by atoms with Gasteiger partial charge in [-0.05, 0) is 33.2 Å². The molecule has 3 heteroatoms. The molecule has 1 aliphatic heterocycles. The molecule has 0 spiro atoms. The van der Waals surface area contributed by atoms with E-state index in [1.807, 2.05) is 13.8 Å². The molecule has 3 nitrogen and oxygen atoms in total. The zero-order valence-corrected chi connectivity index (χ0v) is 8.99. The number of likely N-dealkylation sites (tertiary alicyclic amines) is 1. The third-order valence-electron chi connectivity index (χ3n) is 3.03. The van der Waals surface area contributed by atoms with Crippen LogP contribution in [-0.4, -0.2) is 35.1 Å². The van der Waals surface area contributed by atoms with Gasteiger partial charge in [0.15, 0.2) is 0 Å². The Bertz CT molecular complexity index is 237. The molecule has 0 aromatic carbocycles. The van der Waals surface area contributed by atoms with Gasteiger partial charge >= 0.3 is 5.97 Å². The molecule has 2 unspecified atom stereocenters. The maximum absolute atomic E-state index is 10.9. The van der Waals surface area contributed by atoms with Crippen molar-refractivity contribution in [1.29, 1.82) is 0 Å². The van der Waals surface area contributed by atoms with Crippen LogP contribution in [-0.2, 0) is 4.79 Å². The minimum Gasteiger partial charge on any atom is -0.481 e. The van der Waals surface area contributed by atoms with Crippen molar-refractivity contribution >= 4 is 5.97 Å². The van der Waals surface area contributed by atoms with Crippen molar-refractivity contribution in [2.75, 3.05) is 13.1 Å². The van der Waals surface area contributed by atoms with Crippen molar-refractivity contribution in [3.05, 3.63) is 12.2 Å². The fraction of sp³-hybridized carbons (Fsp3) is 0.727. The summed E-state index contributed by atoms with van der Waals surface area (Å²) in [6.07, 6.45) is 1.75. The highest BCUT2D eigenvalue weighted by Gasteiger charge is 2.34. The van der Waals surface area contributed by atoms with Crippen LogP contribution >= 0.6 is 0 Å². The van der Waals surface area contributed by atoms with Crippen LogP contribution in [0.5, 0.6) is 0 Å². The van der Waals surface area contributed by atoms with Crippen molar-refractivity contribution < 1.29 is 9.90 Å². The fourth-order valence-corrected chi connectivity index (χ4v) is 1.98.